The summed E-state index contributed by atoms with van der Waals surface area (Å²) >= 11 is 0. The fraction of sp³-hybridized carbons (Fsp3) is 0.700. The van der Waals surface area contributed by atoms with Crippen molar-refractivity contribution in [3.8, 4) is 0 Å². The minimum atomic E-state index is -1.06. The van der Waals surface area contributed by atoms with E-state index in [1.54, 1.807) is 0 Å². The number of carbonyl (C=O) groups is 1. The van der Waals surface area contributed by atoms with Crippen LogP contribution in [-0.2, 0) is 4.79 Å². The Morgan fingerprint density at radius 3 is 2.57 bits per heavy atom. The first kappa shape index (κ1) is 11.0. The number of rotatable bonds is 3. The Labute approximate surface area is 83.8 Å². The van der Waals surface area contributed by atoms with Crippen LogP contribution in [0.15, 0.2) is 12.3 Å². The molecule has 0 spiro atoms. The van der Waals surface area contributed by atoms with Gasteiger partial charge >= 0.3 is 5.97 Å². The van der Waals surface area contributed by atoms with E-state index in [9.17, 15) is 9.90 Å². The summed E-state index contributed by atoms with van der Waals surface area (Å²) in [6, 6.07) is 0. The van der Waals surface area contributed by atoms with Crippen LogP contribution in [0.1, 0.15) is 26.7 Å². The van der Waals surface area contributed by atoms with Crippen molar-refractivity contribution in [2.75, 3.05) is 6.54 Å². The molecular formula is C10H17NO3. The van der Waals surface area contributed by atoms with E-state index in [1.807, 2.05) is 13.8 Å². The van der Waals surface area contributed by atoms with Crippen molar-refractivity contribution >= 4 is 5.97 Å². The summed E-state index contributed by atoms with van der Waals surface area (Å²) in [6.45, 7) is 7.81. The Morgan fingerprint density at radius 2 is 2.14 bits per heavy atom. The Morgan fingerprint density at radius 1 is 1.57 bits per heavy atom. The van der Waals surface area contributed by atoms with Gasteiger partial charge in [0.2, 0.25) is 0 Å². The number of carboxylic acids is 1. The molecular weight excluding hydrogens is 182 g/mol. The summed E-state index contributed by atoms with van der Waals surface area (Å²) in [7, 11) is 0. The van der Waals surface area contributed by atoms with E-state index < -0.39 is 11.7 Å². The van der Waals surface area contributed by atoms with Gasteiger partial charge in [-0.2, -0.15) is 0 Å². The Hall–Kier alpha value is -1.03. The molecule has 0 radical (unpaired) electrons. The maximum absolute atomic E-state index is 10.7. The van der Waals surface area contributed by atoms with Crippen molar-refractivity contribution in [3.63, 3.8) is 0 Å². The molecule has 1 heterocycles. The van der Waals surface area contributed by atoms with Gasteiger partial charge in [-0.15, -0.1) is 0 Å². The number of likely N-dealkylation sites (tertiary alicyclic amines) is 1. The van der Waals surface area contributed by atoms with Gasteiger partial charge in [0.25, 0.3) is 0 Å². The molecule has 1 fully saturated rings. The minimum absolute atomic E-state index is 0.00102. The van der Waals surface area contributed by atoms with Crippen LogP contribution >= 0.6 is 0 Å². The van der Waals surface area contributed by atoms with Crippen LogP contribution in [0, 0.1) is 5.92 Å². The molecule has 1 aliphatic rings. The molecule has 1 rings (SSSR count). The normalized spacial score (nSPS) is 27.0. The van der Waals surface area contributed by atoms with E-state index in [0.29, 0.717) is 13.0 Å². The first-order valence-electron chi connectivity index (χ1n) is 4.82. The van der Waals surface area contributed by atoms with Crippen LogP contribution in [0.3, 0.4) is 0 Å². The maximum Gasteiger partial charge on any atom is 0.351 e. The summed E-state index contributed by atoms with van der Waals surface area (Å²) in [5, 5.41) is 19.1. The van der Waals surface area contributed by atoms with Gasteiger partial charge in [-0.1, -0.05) is 20.4 Å². The van der Waals surface area contributed by atoms with Crippen molar-refractivity contribution in [1.29, 1.82) is 0 Å². The lowest BCUT2D eigenvalue weighted by Gasteiger charge is -2.38. The number of aliphatic carboxylic acids is 1. The van der Waals surface area contributed by atoms with Crippen LogP contribution in [0.5, 0.6) is 0 Å². The van der Waals surface area contributed by atoms with Crippen LogP contribution in [-0.4, -0.2) is 33.4 Å². The summed E-state index contributed by atoms with van der Waals surface area (Å²) in [5.74, 6) is -1.06. The molecule has 0 aromatic heterocycles. The summed E-state index contributed by atoms with van der Waals surface area (Å²) in [6.07, 6.45) is 1.41. The molecule has 80 valence electrons. The highest BCUT2D eigenvalue weighted by molar-refractivity contribution is 5.85. The lowest BCUT2D eigenvalue weighted by atomic mass is 9.96. The van der Waals surface area contributed by atoms with Gasteiger partial charge < -0.3 is 15.1 Å². The number of hydrogen-bond donors (Lipinski definition) is 2. The fourth-order valence-electron chi connectivity index (χ4n) is 1.91. The second-order valence-electron chi connectivity index (χ2n) is 4.04. The average Bonchev–Trinajstić information content (AvgIpc) is 2.47. The topological polar surface area (TPSA) is 60.8 Å². The average molecular weight is 199 g/mol. The van der Waals surface area contributed by atoms with Crippen molar-refractivity contribution < 1.29 is 15.0 Å². The van der Waals surface area contributed by atoms with Crippen molar-refractivity contribution in [1.82, 2.24) is 4.90 Å². The minimum Gasteiger partial charge on any atom is -0.477 e. The molecule has 0 aliphatic carbocycles. The molecule has 1 saturated heterocycles. The Kier molecular flexibility index (Phi) is 2.85. The van der Waals surface area contributed by atoms with Crippen molar-refractivity contribution in [2.45, 2.75) is 32.4 Å². The zero-order valence-electron chi connectivity index (χ0n) is 8.66. The summed E-state index contributed by atoms with van der Waals surface area (Å²) < 4.78 is 0. The Balaban J connectivity index is 2.88. The van der Waals surface area contributed by atoms with Gasteiger partial charge in [0.05, 0.1) is 0 Å². The van der Waals surface area contributed by atoms with Crippen molar-refractivity contribution in [3.05, 3.63) is 12.3 Å². The number of aliphatic hydroxyl groups is 1. The Bertz CT molecular complexity index is 262. The quantitative estimate of drug-likeness (QED) is 0.666. The zero-order chi connectivity index (χ0) is 10.9. The van der Waals surface area contributed by atoms with Gasteiger partial charge in [0.15, 0.2) is 0 Å². The molecule has 0 bridgehead atoms. The highest BCUT2D eigenvalue weighted by Gasteiger charge is 2.43. The molecule has 0 unspecified atom stereocenters. The van der Waals surface area contributed by atoms with E-state index in [2.05, 4.69) is 6.58 Å². The molecule has 0 amide bonds. The second-order valence-corrected chi connectivity index (χ2v) is 4.04. The van der Waals surface area contributed by atoms with E-state index in [0.717, 1.165) is 6.42 Å². The lowest BCUT2D eigenvalue weighted by molar-refractivity contribution is -0.142. The first-order chi connectivity index (χ1) is 6.39. The third-order valence-corrected chi connectivity index (χ3v) is 2.89. The summed E-state index contributed by atoms with van der Waals surface area (Å²) in [5.41, 5.74) is -1.05. The van der Waals surface area contributed by atoms with E-state index in [1.165, 1.54) is 4.90 Å². The molecule has 1 aliphatic heterocycles. The van der Waals surface area contributed by atoms with Gasteiger partial charge in [0.1, 0.15) is 11.4 Å². The molecule has 14 heavy (non-hydrogen) atoms. The molecule has 0 aromatic carbocycles. The van der Waals surface area contributed by atoms with Crippen LogP contribution in [0.4, 0.5) is 0 Å². The van der Waals surface area contributed by atoms with Gasteiger partial charge in [-0.05, 0) is 12.8 Å². The molecule has 0 aromatic rings. The molecule has 0 saturated carbocycles. The number of hydrogen-bond acceptors (Lipinski definition) is 3. The third kappa shape index (κ3) is 1.62. The number of carboxylic acid groups (broad SMARTS) is 1. The van der Waals surface area contributed by atoms with E-state index >= 15 is 0 Å². The lowest BCUT2D eigenvalue weighted by Crippen LogP contribution is -2.48. The molecule has 1 atom stereocenters. The molecule has 4 heteroatoms. The van der Waals surface area contributed by atoms with Gasteiger partial charge in [-0.3, -0.25) is 0 Å². The maximum atomic E-state index is 10.7. The van der Waals surface area contributed by atoms with Crippen molar-refractivity contribution in [2.24, 2.45) is 5.92 Å². The zero-order valence-corrected chi connectivity index (χ0v) is 8.66. The predicted octanol–water partition coefficient (Wildman–Crippen LogP) is 1.03. The van der Waals surface area contributed by atoms with E-state index in [4.69, 9.17) is 5.11 Å². The van der Waals surface area contributed by atoms with Crippen LogP contribution in [0.25, 0.3) is 0 Å². The highest BCUT2D eigenvalue weighted by atomic mass is 16.4. The fourth-order valence-corrected chi connectivity index (χ4v) is 1.91. The second kappa shape index (κ2) is 3.61. The predicted molar refractivity (Wildman–Crippen MR) is 52.5 cm³/mol. The first-order valence-corrected chi connectivity index (χ1v) is 4.82. The highest BCUT2D eigenvalue weighted by Crippen LogP contribution is 2.35. The third-order valence-electron chi connectivity index (χ3n) is 2.89. The standard InChI is InChI=1S/C10H17NO3/c1-7(2)10(14)5-4-6-11(10)8(3)9(12)13/h7,14H,3-6H2,1-2H3,(H,12,13)/t10-/m0/s1. The largest absolute Gasteiger partial charge is 0.477 e. The SMILES string of the molecule is C=C(C(=O)O)N1CCC[C@]1(O)C(C)C. The van der Waals surface area contributed by atoms with Gasteiger partial charge in [0, 0.05) is 12.5 Å². The number of nitrogens with zero attached hydrogens (tertiary/aromatic N) is 1. The van der Waals surface area contributed by atoms with Crippen LogP contribution in [0.2, 0.25) is 0 Å². The molecule has 4 nitrogen and oxygen atoms in total. The van der Waals surface area contributed by atoms with Gasteiger partial charge in [-0.25, -0.2) is 4.79 Å². The smallest absolute Gasteiger partial charge is 0.351 e. The molecule has 2 N–H and O–H groups in total. The monoisotopic (exact) mass is 199 g/mol. The van der Waals surface area contributed by atoms with E-state index in [-0.39, 0.29) is 11.6 Å². The summed E-state index contributed by atoms with van der Waals surface area (Å²) in [4.78, 5) is 12.2. The van der Waals surface area contributed by atoms with Crippen LogP contribution < -0.4 is 0 Å².